The van der Waals surface area contributed by atoms with Crippen molar-refractivity contribution in [3.8, 4) is 11.5 Å². The fourth-order valence-corrected chi connectivity index (χ4v) is 2.01. The minimum Gasteiger partial charge on any atom is -0.493 e. The van der Waals surface area contributed by atoms with Crippen molar-refractivity contribution in [2.24, 2.45) is 0 Å². The van der Waals surface area contributed by atoms with Crippen LogP contribution in [0.25, 0.3) is 6.08 Å². The van der Waals surface area contributed by atoms with E-state index in [9.17, 15) is 23.2 Å². The predicted octanol–water partition coefficient (Wildman–Crippen LogP) is 1.49. The molecule has 0 aliphatic heterocycles. The first-order valence-corrected chi connectivity index (χ1v) is 8.31. The second kappa shape index (κ2) is 11.5. The molecule has 0 aliphatic carbocycles. The Kier molecular flexibility index (Phi) is 9.41. The fraction of sp³-hybridized carbons (Fsp3) is 0.389. The summed E-state index contributed by atoms with van der Waals surface area (Å²) < 4.78 is 38.6. The van der Waals surface area contributed by atoms with E-state index in [0.717, 1.165) is 6.08 Å². The molecule has 0 heterocycles. The van der Waals surface area contributed by atoms with Crippen LogP contribution in [-0.4, -0.2) is 50.7 Å². The zero-order chi connectivity index (χ0) is 21.1. The van der Waals surface area contributed by atoms with E-state index in [1.807, 2.05) is 0 Å². The molecule has 0 bridgehead atoms. The van der Waals surface area contributed by atoms with Gasteiger partial charge in [-0.1, -0.05) is 6.07 Å². The molecule has 0 saturated carbocycles. The van der Waals surface area contributed by atoms with E-state index in [-0.39, 0.29) is 17.4 Å². The summed E-state index contributed by atoms with van der Waals surface area (Å²) in [6, 6.07) is 3.34. The number of ether oxygens (including phenoxy) is 3. The minimum absolute atomic E-state index is 0.0644. The summed E-state index contributed by atoms with van der Waals surface area (Å²) in [5.74, 6) is -1.86. The maximum atomic E-state index is 12.3. The molecule has 1 rings (SSSR count). The van der Waals surface area contributed by atoms with Gasteiger partial charge in [-0.15, -0.1) is 0 Å². The van der Waals surface area contributed by atoms with Gasteiger partial charge in [0, 0.05) is 12.6 Å². The van der Waals surface area contributed by atoms with Crippen LogP contribution in [0.1, 0.15) is 19.4 Å². The number of nitrogens with one attached hydrogen (secondary N) is 2. The van der Waals surface area contributed by atoms with Crippen LogP contribution >= 0.6 is 0 Å². The number of likely N-dealkylation sites (N-methyl/N-ethyl adjacent to an activating group) is 1. The van der Waals surface area contributed by atoms with Crippen LogP contribution in [0.2, 0.25) is 0 Å². The lowest BCUT2D eigenvalue weighted by molar-refractivity contribution is -0.144. The molecular weight excluding hydrogens is 378 g/mol. The van der Waals surface area contributed by atoms with Crippen LogP contribution in [0.15, 0.2) is 24.3 Å². The number of hydrogen-bond donors (Lipinski definition) is 2. The summed E-state index contributed by atoms with van der Waals surface area (Å²) in [5, 5.41) is 4.93. The first kappa shape index (κ1) is 22.9. The highest BCUT2D eigenvalue weighted by atomic mass is 19.3. The summed E-state index contributed by atoms with van der Waals surface area (Å²) in [4.78, 5) is 34.9. The van der Waals surface area contributed by atoms with Crippen LogP contribution in [0.3, 0.4) is 0 Å². The second-order valence-corrected chi connectivity index (χ2v) is 5.41. The highest BCUT2D eigenvalue weighted by Crippen LogP contribution is 2.29. The highest BCUT2D eigenvalue weighted by Gasteiger charge is 2.15. The smallest absolute Gasteiger partial charge is 0.387 e. The largest absolute Gasteiger partial charge is 0.493 e. The average Bonchev–Trinajstić information content (AvgIpc) is 2.65. The quantitative estimate of drug-likeness (QED) is 0.456. The van der Waals surface area contributed by atoms with Gasteiger partial charge < -0.3 is 24.8 Å². The number of alkyl halides is 2. The van der Waals surface area contributed by atoms with Gasteiger partial charge in [-0.2, -0.15) is 8.78 Å². The molecule has 0 saturated heterocycles. The lowest BCUT2D eigenvalue weighted by Gasteiger charge is -2.13. The van der Waals surface area contributed by atoms with Crippen molar-refractivity contribution in [3.63, 3.8) is 0 Å². The molecule has 0 fully saturated rings. The standard InChI is InChI=1S/C18H22F2N2O6/c1-4-21-17(25)11(2)22-15(23)10-27-16(24)8-6-12-5-7-13(28-18(19)20)14(9-12)26-3/h5-9,11,18H,4,10H2,1-3H3,(H,21,25)(H,22,23)/b8-6+/t11-/m0/s1. The van der Waals surface area contributed by atoms with Gasteiger partial charge in [0.2, 0.25) is 5.91 Å². The fourth-order valence-electron chi connectivity index (χ4n) is 2.01. The molecule has 8 nitrogen and oxygen atoms in total. The number of halogens is 2. The van der Waals surface area contributed by atoms with Gasteiger partial charge in [-0.05, 0) is 37.6 Å². The van der Waals surface area contributed by atoms with E-state index in [1.54, 1.807) is 6.92 Å². The van der Waals surface area contributed by atoms with Crippen molar-refractivity contribution in [2.45, 2.75) is 26.5 Å². The molecule has 10 heteroatoms. The summed E-state index contributed by atoms with van der Waals surface area (Å²) in [5.41, 5.74) is 0.463. The maximum absolute atomic E-state index is 12.3. The predicted molar refractivity (Wildman–Crippen MR) is 95.9 cm³/mol. The summed E-state index contributed by atoms with van der Waals surface area (Å²) in [6.45, 7) is 0.123. The van der Waals surface area contributed by atoms with Gasteiger partial charge in [0.25, 0.3) is 5.91 Å². The van der Waals surface area contributed by atoms with E-state index < -0.39 is 31.1 Å². The lowest BCUT2D eigenvalue weighted by atomic mass is 10.2. The molecule has 1 aromatic rings. The Labute approximate surface area is 160 Å². The van der Waals surface area contributed by atoms with Crippen molar-refractivity contribution in [3.05, 3.63) is 29.8 Å². The number of methoxy groups -OCH3 is 1. The van der Waals surface area contributed by atoms with E-state index in [4.69, 9.17) is 9.47 Å². The minimum atomic E-state index is -2.99. The Balaban J connectivity index is 2.55. The zero-order valence-electron chi connectivity index (χ0n) is 15.7. The maximum Gasteiger partial charge on any atom is 0.387 e. The lowest BCUT2D eigenvalue weighted by Crippen LogP contribution is -2.46. The van der Waals surface area contributed by atoms with E-state index in [0.29, 0.717) is 12.1 Å². The van der Waals surface area contributed by atoms with Crippen LogP contribution in [0, 0.1) is 0 Å². The molecule has 0 spiro atoms. The Bertz CT molecular complexity index is 724. The average molecular weight is 400 g/mol. The third kappa shape index (κ3) is 8.02. The molecule has 2 amide bonds. The summed E-state index contributed by atoms with van der Waals surface area (Å²) >= 11 is 0. The van der Waals surface area contributed by atoms with Crippen molar-refractivity contribution in [1.82, 2.24) is 10.6 Å². The number of amides is 2. The Hall–Kier alpha value is -3.17. The third-order valence-electron chi connectivity index (χ3n) is 3.28. The van der Waals surface area contributed by atoms with Gasteiger partial charge in [0.1, 0.15) is 6.04 Å². The molecule has 154 valence electrons. The number of benzene rings is 1. The van der Waals surface area contributed by atoms with Crippen molar-refractivity contribution >= 4 is 23.9 Å². The van der Waals surface area contributed by atoms with Gasteiger partial charge in [0.15, 0.2) is 18.1 Å². The van der Waals surface area contributed by atoms with Gasteiger partial charge in [-0.3, -0.25) is 9.59 Å². The number of hydrogen-bond acceptors (Lipinski definition) is 6. The monoisotopic (exact) mass is 400 g/mol. The first-order valence-electron chi connectivity index (χ1n) is 8.31. The molecule has 1 aromatic carbocycles. The van der Waals surface area contributed by atoms with Gasteiger partial charge >= 0.3 is 12.6 Å². The SMILES string of the molecule is CCNC(=O)[C@H](C)NC(=O)COC(=O)/C=C/c1ccc(OC(F)F)c(OC)c1. The molecule has 0 radical (unpaired) electrons. The zero-order valence-corrected chi connectivity index (χ0v) is 15.7. The Morgan fingerprint density at radius 2 is 1.93 bits per heavy atom. The van der Waals surface area contributed by atoms with Crippen LogP contribution < -0.4 is 20.1 Å². The molecule has 0 aromatic heterocycles. The van der Waals surface area contributed by atoms with Crippen molar-refractivity contribution in [2.75, 3.05) is 20.3 Å². The number of rotatable bonds is 10. The molecule has 1 atom stereocenters. The molecule has 2 N–H and O–H groups in total. The Morgan fingerprint density at radius 3 is 2.54 bits per heavy atom. The van der Waals surface area contributed by atoms with Crippen LogP contribution in [0.5, 0.6) is 11.5 Å². The molecular formula is C18H22F2N2O6. The second-order valence-electron chi connectivity index (χ2n) is 5.41. The molecule has 28 heavy (non-hydrogen) atoms. The summed E-state index contributed by atoms with van der Waals surface area (Å²) in [6.07, 6.45) is 2.41. The van der Waals surface area contributed by atoms with Gasteiger partial charge in [0.05, 0.1) is 7.11 Å². The normalized spacial score (nSPS) is 11.8. The molecule has 0 unspecified atom stereocenters. The number of esters is 1. The van der Waals surface area contributed by atoms with Crippen LogP contribution in [-0.2, 0) is 19.1 Å². The van der Waals surface area contributed by atoms with E-state index in [2.05, 4.69) is 15.4 Å². The van der Waals surface area contributed by atoms with E-state index in [1.165, 1.54) is 38.3 Å². The van der Waals surface area contributed by atoms with Crippen molar-refractivity contribution in [1.29, 1.82) is 0 Å². The highest BCUT2D eigenvalue weighted by molar-refractivity contribution is 5.91. The number of carbonyl (C=O) groups excluding carboxylic acids is 3. The number of carbonyl (C=O) groups is 3. The van der Waals surface area contributed by atoms with Gasteiger partial charge in [-0.25, -0.2) is 4.79 Å². The topological polar surface area (TPSA) is 103 Å². The van der Waals surface area contributed by atoms with E-state index >= 15 is 0 Å². The van der Waals surface area contributed by atoms with Crippen molar-refractivity contribution < 1.29 is 37.4 Å². The first-order chi connectivity index (χ1) is 13.3. The van der Waals surface area contributed by atoms with Crippen LogP contribution in [0.4, 0.5) is 8.78 Å². The molecule has 0 aliphatic rings. The third-order valence-corrected chi connectivity index (χ3v) is 3.28. The Morgan fingerprint density at radius 1 is 1.21 bits per heavy atom. The summed E-state index contributed by atoms with van der Waals surface area (Å²) in [7, 11) is 1.29.